The molecule has 2 rings (SSSR count). The summed E-state index contributed by atoms with van der Waals surface area (Å²) in [7, 11) is 0. The van der Waals surface area contributed by atoms with Crippen molar-refractivity contribution >= 4 is 23.4 Å². The van der Waals surface area contributed by atoms with Crippen LogP contribution in [-0.4, -0.2) is 34.7 Å². The molecule has 0 radical (unpaired) electrons. The molecule has 2 aromatic rings. The van der Waals surface area contributed by atoms with E-state index in [-0.39, 0.29) is 18.4 Å². The van der Waals surface area contributed by atoms with Crippen LogP contribution in [0.25, 0.3) is 0 Å². The van der Waals surface area contributed by atoms with Crippen LogP contribution in [0.4, 0.5) is 10.1 Å². The predicted molar refractivity (Wildman–Crippen MR) is 106 cm³/mol. The first kappa shape index (κ1) is 22.5. The number of nitrogens with one attached hydrogen (secondary N) is 2. The van der Waals surface area contributed by atoms with Crippen LogP contribution in [0.3, 0.4) is 0 Å². The molecule has 0 heterocycles. The number of primary amides is 1. The van der Waals surface area contributed by atoms with Crippen LogP contribution in [0.5, 0.6) is 0 Å². The van der Waals surface area contributed by atoms with Gasteiger partial charge in [0.05, 0.1) is 4.92 Å². The average Bonchev–Trinajstić information content (AvgIpc) is 2.68. The van der Waals surface area contributed by atoms with Gasteiger partial charge in [-0.3, -0.25) is 24.5 Å². The molecule has 0 bridgehead atoms. The third-order valence-corrected chi connectivity index (χ3v) is 4.28. The van der Waals surface area contributed by atoms with Gasteiger partial charge >= 0.3 is 5.69 Å². The van der Waals surface area contributed by atoms with E-state index in [1.54, 1.807) is 24.3 Å². The van der Waals surface area contributed by atoms with Crippen molar-refractivity contribution in [3.05, 3.63) is 75.6 Å². The van der Waals surface area contributed by atoms with E-state index in [9.17, 15) is 28.9 Å². The van der Waals surface area contributed by atoms with Gasteiger partial charge in [0.1, 0.15) is 12.1 Å². The lowest BCUT2D eigenvalue weighted by Crippen LogP contribution is -2.54. The molecule has 2 aromatic carbocycles. The van der Waals surface area contributed by atoms with Gasteiger partial charge in [0.15, 0.2) is 0 Å². The highest BCUT2D eigenvalue weighted by Crippen LogP contribution is 2.19. The van der Waals surface area contributed by atoms with Crippen LogP contribution in [0, 0.1) is 15.9 Å². The first-order chi connectivity index (χ1) is 14.2. The van der Waals surface area contributed by atoms with Gasteiger partial charge in [-0.05, 0) is 17.2 Å². The summed E-state index contributed by atoms with van der Waals surface area (Å²) in [6, 6.07) is 9.91. The highest BCUT2D eigenvalue weighted by Gasteiger charge is 2.26. The molecule has 0 aliphatic heterocycles. The van der Waals surface area contributed by atoms with Crippen molar-refractivity contribution < 1.29 is 23.7 Å². The van der Waals surface area contributed by atoms with Crippen LogP contribution < -0.4 is 16.4 Å². The second-order valence-electron chi connectivity index (χ2n) is 6.65. The van der Waals surface area contributed by atoms with E-state index in [2.05, 4.69) is 10.6 Å². The van der Waals surface area contributed by atoms with Crippen molar-refractivity contribution in [2.45, 2.75) is 31.8 Å². The van der Waals surface area contributed by atoms with Gasteiger partial charge in [-0.2, -0.15) is 4.39 Å². The number of nitro benzene ring substituents is 1. The van der Waals surface area contributed by atoms with Gasteiger partial charge in [-0.25, -0.2) is 0 Å². The smallest absolute Gasteiger partial charge is 0.305 e. The highest BCUT2D eigenvalue weighted by atomic mass is 19.1. The Morgan fingerprint density at radius 1 is 1.03 bits per heavy atom. The van der Waals surface area contributed by atoms with Crippen LogP contribution in [0.15, 0.2) is 48.5 Å². The lowest BCUT2D eigenvalue weighted by Gasteiger charge is -2.21. The van der Waals surface area contributed by atoms with Crippen LogP contribution in [0.2, 0.25) is 0 Å². The quantitative estimate of drug-likeness (QED) is 0.412. The number of carbonyl (C=O) groups is 3. The number of hydrogen-bond acceptors (Lipinski definition) is 5. The predicted octanol–water partition coefficient (Wildman–Crippen LogP) is 0.994. The SMILES string of the molecule is CC(=O)N[C@@H](Cc1ccccc1)C(=O)N[C@@H](Cc1ccc(F)c([N+](=O)[O-])c1)C(N)=O. The minimum atomic E-state index is -1.21. The molecule has 4 N–H and O–H groups in total. The van der Waals surface area contributed by atoms with E-state index in [0.717, 1.165) is 17.7 Å². The lowest BCUT2D eigenvalue weighted by molar-refractivity contribution is -0.387. The summed E-state index contributed by atoms with van der Waals surface area (Å²) in [5, 5.41) is 15.9. The Morgan fingerprint density at radius 3 is 2.23 bits per heavy atom. The second-order valence-corrected chi connectivity index (χ2v) is 6.65. The van der Waals surface area contributed by atoms with E-state index in [4.69, 9.17) is 5.73 Å². The standard InChI is InChI=1S/C20H21FN4O5/c1-12(26)23-17(9-13-5-3-2-4-6-13)20(28)24-16(19(22)27)10-14-7-8-15(21)18(11-14)25(29)30/h2-8,11,16-17H,9-10H2,1H3,(H2,22,27)(H,23,26)(H,24,28)/t16-,17-/m0/s1. The number of benzene rings is 2. The van der Waals surface area contributed by atoms with E-state index in [0.29, 0.717) is 0 Å². The summed E-state index contributed by atoms with van der Waals surface area (Å²) in [4.78, 5) is 46.1. The van der Waals surface area contributed by atoms with Gasteiger partial charge in [-0.15, -0.1) is 0 Å². The molecule has 0 saturated carbocycles. The number of nitrogens with zero attached hydrogens (tertiary/aromatic N) is 1. The van der Waals surface area contributed by atoms with Crippen LogP contribution in [-0.2, 0) is 27.2 Å². The molecule has 9 nitrogen and oxygen atoms in total. The molecule has 0 aliphatic carbocycles. The third-order valence-electron chi connectivity index (χ3n) is 4.28. The molecule has 10 heteroatoms. The Kier molecular flexibility index (Phi) is 7.56. The Morgan fingerprint density at radius 2 is 1.67 bits per heavy atom. The molecule has 2 atom stereocenters. The number of carbonyl (C=O) groups excluding carboxylic acids is 3. The Bertz CT molecular complexity index is 951. The number of nitro groups is 1. The van der Waals surface area contributed by atoms with Gasteiger partial charge < -0.3 is 16.4 Å². The zero-order valence-electron chi connectivity index (χ0n) is 16.1. The summed E-state index contributed by atoms with van der Waals surface area (Å²) >= 11 is 0. The van der Waals surface area contributed by atoms with E-state index >= 15 is 0 Å². The monoisotopic (exact) mass is 416 g/mol. The maximum atomic E-state index is 13.5. The van der Waals surface area contributed by atoms with E-state index < -0.39 is 46.2 Å². The molecule has 3 amide bonds. The van der Waals surface area contributed by atoms with Gasteiger partial charge in [0.2, 0.25) is 23.5 Å². The first-order valence-corrected chi connectivity index (χ1v) is 9.01. The summed E-state index contributed by atoms with van der Waals surface area (Å²) in [5.41, 5.74) is 5.65. The summed E-state index contributed by atoms with van der Waals surface area (Å²) in [6.07, 6.45) is 0.0000764. The van der Waals surface area contributed by atoms with Crippen molar-refractivity contribution in [2.24, 2.45) is 5.73 Å². The van der Waals surface area contributed by atoms with Crippen molar-refractivity contribution in [1.29, 1.82) is 0 Å². The number of rotatable bonds is 9. The summed E-state index contributed by atoms with van der Waals surface area (Å²) in [6.45, 7) is 1.26. The zero-order valence-corrected chi connectivity index (χ0v) is 16.1. The maximum absolute atomic E-state index is 13.5. The van der Waals surface area contributed by atoms with Crippen molar-refractivity contribution in [3.8, 4) is 0 Å². The number of amides is 3. The molecule has 0 saturated heterocycles. The van der Waals surface area contributed by atoms with Gasteiger partial charge in [-0.1, -0.05) is 36.4 Å². The molecule has 30 heavy (non-hydrogen) atoms. The van der Waals surface area contributed by atoms with E-state index in [1.165, 1.54) is 13.0 Å². The number of halogens is 1. The normalized spacial score (nSPS) is 12.5. The summed E-state index contributed by atoms with van der Waals surface area (Å²) in [5.74, 6) is -2.97. The first-order valence-electron chi connectivity index (χ1n) is 9.01. The number of nitrogens with two attached hydrogens (primary N) is 1. The summed E-state index contributed by atoms with van der Waals surface area (Å²) < 4.78 is 13.5. The average molecular weight is 416 g/mol. The number of hydrogen-bond donors (Lipinski definition) is 3. The minimum absolute atomic E-state index is 0.180. The molecule has 0 aromatic heterocycles. The van der Waals surface area contributed by atoms with Crippen molar-refractivity contribution in [1.82, 2.24) is 10.6 Å². The van der Waals surface area contributed by atoms with Crippen molar-refractivity contribution in [3.63, 3.8) is 0 Å². The molecule has 0 aliphatic rings. The molecular weight excluding hydrogens is 395 g/mol. The second kappa shape index (κ2) is 10.1. The Hall–Kier alpha value is -3.82. The Labute approximate surface area is 171 Å². The van der Waals surface area contributed by atoms with Crippen molar-refractivity contribution in [2.75, 3.05) is 0 Å². The highest BCUT2D eigenvalue weighted by molar-refractivity contribution is 5.91. The van der Waals surface area contributed by atoms with Gasteiger partial charge in [0.25, 0.3) is 0 Å². The fourth-order valence-electron chi connectivity index (χ4n) is 2.86. The van der Waals surface area contributed by atoms with Crippen LogP contribution >= 0.6 is 0 Å². The fourth-order valence-corrected chi connectivity index (χ4v) is 2.86. The molecule has 0 fully saturated rings. The molecule has 158 valence electrons. The van der Waals surface area contributed by atoms with Gasteiger partial charge in [0, 0.05) is 25.8 Å². The zero-order chi connectivity index (χ0) is 22.3. The van der Waals surface area contributed by atoms with Crippen LogP contribution in [0.1, 0.15) is 18.1 Å². The third kappa shape index (κ3) is 6.36. The lowest BCUT2D eigenvalue weighted by atomic mass is 10.0. The van der Waals surface area contributed by atoms with E-state index in [1.807, 2.05) is 6.07 Å². The molecule has 0 unspecified atom stereocenters. The topological polar surface area (TPSA) is 144 Å². The maximum Gasteiger partial charge on any atom is 0.305 e. The fraction of sp³-hybridized carbons (Fsp3) is 0.250. The minimum Gasteiger partial charge on any atom is -0.368 e. The molecule has 0 spiro atoms. The Balaban J connectivity index is 2.17. The largest absolute Gasteiger partial charge is 0.368 e. The molecular formula is C20H21FN4O5.